The summed E-state index contributed by atoms with van der Waals surface area (Å²) in [5, 5.41) is 0. The molecule has 0 aromatic heterocycles. The van der Waals surface area contributed by atoms with Gasteiger partial charge in [0.2, 0.25) is 6.41 Å². The van der Waals surface area contributed by atoms with E-state index >= 15 is 0 Å². The van der Waals surface area contributed by atoms with E-state index in [0.29, 0.717) is 0 Å². The van der Waals surface area contributed by atoms with Crippen molar-refractivity contribution < 1.29 is 4.79 Å². The summed E-state index contributed by atoms with van der Waals surface area (Å²) in [5.41, 5.74) is 1.24. The maximum Gasteiger partial charge on any atom is 0.220 e. The summed E-state index contributed by atoms with van der Waals surface area (Å²) in [6.07, 6.45) is 0.866. The Hall–Kier alpha value is -0.960. The third-order valence-corrected chi connectivity index (χ3v) is 2.68. The summed E-state index contributed by atoms with van der Waals surface area (Å²) < 4.78 is 1.69. The molecule has 56 valence electrons. The Morgan fingerprint density at radius 2 is 2.27 bits per heavy atom. The highest BCUT2D eigenvalue weighted by Gasteiger charge is 2.16. The molecule has 3 heteroatoms. The number of rotatable bonds is 1. The van der Waals surface area contributed by atoms with Crippen LogP contribution < -0.4 is 0 Å². The van der Waals surface area contributed by atoms with E-state index in [2.05, 4.69) is 0 Å². The van der Waals surface area contributed by atoms with Crippen molar-refractivity contribution in [1.82, 2.24) is 4.31 Å². The highest BCUT2D eigenvalue weighted by atomic mass is 32.2. The molecule has 2 rings (SSSR count). The molecule has 0 unspecified atom stereocenters. The minimum atomic E-state index is 0.740. The highest BCUT2D eigenvalue weighted by Crippen LogP contribution is 2.33. The maximum absolute atomic E-state index is 10.4. The first-order valence-corrected chi connectivity index (χ1v) is 4.15. The van der Waals surface area contributed by atoms with Gasteiger partial charge < -0.3 is 0 Å². The van der Waals surface area contributed by atoms with Gasteiger partial charge in [-0.3, -0.25) is 9.10 Å². The van der Waals surface area contributed by atoms with Gasteiger partial charge >= 0.3 is 0 Å². The van der Waals surface area contributed by atoms with Crippen LogP contribution in [0.25, 0.3) is 0 Å². The van der Waals surface area contributed by atoms with E-state index in [1.165, 1.54) is 22.4 Å². The van der Waals surface area contributed by atoms with Crippen LogP contribution in [0.3, 0.4) is 0 Å². The average Bonchev–Trinajstić information content (AvgIpc) is 2.46. The second kappa shape index (κ2) is 2.58. The first-order chi connectivity index (χ1) is 5.40. The zero-order valence-electron chi connectivity index (χ0n) is 5.86. The van der Waals surface area contributed by atoms with Crippen LogP contribution in [0.1, 0.15) is 5.56 Å². The minimum Gasteiger partial charge on any atom is -0.280 e. The Morgan fingerprint density at radius 3 is 3.00 bits per heavy atom. The number of amides is 1. The van der Waals surface area contributed by atoms with Crippen LogP contribution >= 0.6 is 11.9 Å². The van der Waals surface area contributed by atoms with Gasteiger partial charge in [-0.05, 0) is 23.6 Å². The van der Waals surface area contributed by atoms with Crippen molar-refractivity contribution in [2.24, 2.45) is 0 Å². The van der Waals surface area contributed by atoms with Gasteiger partial charge in [-0.25, -0.2) is 0 Å². The van der Waals surface area contributed by atoms with E-state index in [4.69, 9.17) is 0 Å². The molecule has 2 nitrogen and oxygen atoms in total. The molecule has 1 heterocycles. The lowest BCUT2D eigenvalue weighted by Gasteiger charge is -2.02. The number of carbonyl (C=O) groups excluding carboxylic acids is 1. The van der Waals surface area contributed by atoms with Crippen molar-refractivity contribution in [3.63, 3.8) is 0 Å². The van der Waals surface area contributed by atoms with Crippen molar-refractivity contribution >= 4 is 18.4 Å². The van der Waals surface area contributed by atoms with Gasteiger partial charge in [-0.2, -0.15) is 0 Å². The fraction of sp³-hybridized carbons (Fsp3) is 0.125. The van der Waals surface area contributed by atoms with E-state index in [9.17, 15) is 4.79 Å². The molecule has 11 heavy (non-hydrogen) atoms. The molecule has 0 fully saturated rings. The lowest BCUT2D eigenvalue weighted by atomic mass is 10.2. The van der Waals surface area contributed by atoms with Gasteiger partial charge in [0.15, 0.2) is 0 Å². The van der Waals surface area contributed by atoms with E-state index in [1.807, 2.05) is 24.3 Å². The van der Waals surface area contributed by atoms with E-state index in [0.717, 1.165) is 13.0 Å². The molecule has 0 aliphatic carbocycles. The molecule has 0 saturated carbocycles. The lowest BCUT2D eigenvalue weighted by Crippen LogP contribution is -2.05. The van der Waals surface area contributed by atoms with Gasteiger partial charge in [0.1, 0.15) is 0 Å². The molecular formula is C8H7NOS. The molecule has 0 N–H and O–H groups in total. The van der Waals surface area contributed by atoms with E-state index < -0.39 is 0 Å². The molecule has 1 aliphatic heterocycles. The van der Waals surface area contributed by atoms with E-state index in [1.54, 1.807) is 4.31 Å². The van der Waals surface area contributed by atoms with Crippen LogP contribution in [0, 0.1) is 0 Å². The molecule has 0 bridgehead atoms. The van der Waals surface area contributed by atoms with Gasteiger partial charge in [0.05, 0.1) is 6.54 Å². The van der Waals surface area contributed by atoms with Crippen LogP contribution in [0.5, 0.6) is 0 Å². The summed E-state index contributed by atoms with van der Waals surface area (Å²) >= 11 is 1.50. The molecule has 1 aromatic carbocycles. The van der Waals surface area contributed by atoms with Crippen LogP contribution in [0.4, 0.5) is 0 Å². The van der Waals surface area contributed by atoms with Gasteiger partial charge in [-0.1, -0.05) is 18.2 Å². The predicted molar refractivity (Wildman–Crippen MR) is 43.9 cm³/mol. The van der Waals surface area contributed by atoms with Crippen molar-refractivity contribution in [3.8, 4) is 0 Å². The molecule has 1 aliphatic rings. The topological polar surface area (TPSA) is 20.3 Å². The van der Waals surface area contributed by atoms with Crippen LogP contribution in [-0.4, -0.2) is 10.7 Å². The van der Waals surface area contributed by atoms with Crippen molar-refractivity contribution in [2.45, 2.75) is 11.4 Å². The number of fused-ring (bicyclic) bond motifs is 1. The average molecular weight is 165 g/mol. The Kier molecular flexibility index (Phi) is 1.58. The Labute approximate surface area is 69.3 Å². The number of carbonyl (C=O) groups is 1. The zero-order chi connectivity index (χ0) is 7.68. The fourth-order valence-corrected chi connectivity index (χ4v) is 2.00. The molecule has 0 atom stereocenters. The number of nitrogens with zero attached hydrogens (tertiary/aromatic N) is 1. The zero-order valence-corrected chi connectivity index (χ0v) is 6.67. The molecule has 1 aromatic rings. The summed E-state index contributed by atoms with van der Waals surface area (Å²) in [5.74, 6) is 0. The van der Waals surface area contributed by atoms with Crippen LogP contribution in [-0.2, 0) is 11.3 Å². The normalized spacial score (nSPS) is 14.7. The number of hydrogen-bond acceptors (Lipinski definition) is 2. The monoisotopic (exact) mass is 165 g/mol. The summed E-state index contributed by atoms with van der Waals surface area (Å²) in [6.45, 7) is 0.740. The Bertz CT molecular complexity index is 262. The summed E-state index contributed by atoms with van der Waals surface area (Å²) in [7, 11) is 0. The second-order valence-corrected chi connectivity index (χ2v) is 3.47. The molecular weight excluding hydrogens is 158 g/mol. The summed E-state index contributed by atoms with van der Waals surface area (Å²) in [4.78, 5) is 11.6. The largest absolute Gasteiger partial charge is 0.280 e. The third-order valence-electron chi connectivity index (χ3n) is 1.63. The van der Waals surface area contributed by atoms with Crippen LogP contribution in [0.15, 0.2) is 29.2 Å². The number of hydrogen-bond donors (Lipinski definition) is 0. The van der Waals surface area contributed by atoms with Crippen LogP contribution in [0.2, 0.25) is 0 Å². The maximum atomic E-state index is 10.4. The van der Waals surface area contributed by atoms with E-state index in [-0.39, 0.29) is 0 Å². The Morgan fingerprint density at radius 1 is 1.45 bits per heavy atom. The standard InChI is InChI=1S/C8H7NOS/c10-6-9-5-7-3-1-2-4-8(7)11-9/h1-4,6H,5H2. The van der Waals surface area contributed by atoms with Crippen molar-refractivity contribution in [1.29, 1.82) is 0 Å². The predicted octanol–water partition coefficient (Wildman–Crippen LogP) is 1.67. The first-order valence-electron chi connectivity index (χ1n) is 3.38. The quantitative estimate of drug-likeness (QED) is 0.466. The van der Waals surface area contributed by atoms with Crippen molar-refractivity contribution in [2.75, 3.05) is 0 Å². The smallest absolute Gasteiger partial charge is 0.220 e. The molecule has 0 spiro atoms. The van der Waals surface area contributed by atoms with Gasteiger partial charge in [0, 0.05) is 4.90 Å². The molecule has 1 amide bonds. The summed E-state index contributed by atoms with van der Waals surface area (Å²) in [6, 6.07) is 8.06. The lowest BCUT2D eigenvalue weighted by molar-refractivity contribution is -0.113. The van der Waals surface area contributed by atoms with Gasteiger partial charge in [0.25, 0.3) is 0 Å². The minimum absolute atomic E-state index is 0.740. The highest BCUT2D eigenvalue weighted by molar-refractivity contribution is 7.97. The van der Waals surface area contributed by atoms with Gasteiger partial charge in [-0.15, -0.1) is 0 Å². The molecule has 0 saturated heterocycles. The second-order valence-electron chi connectivity index (χ2n) is 2.38. The Balaban J connectivity index is 2.33. The fourth-order valence-electron chi connectivity index (χ4n) is 1.11. The SMILES string of the molecule is O=CN1Cc2ccccc2S1. The van der Waals surface area contributed by atoms with Crippen molar-refractivity contribution in [3.05, 3.63) is 29.8 Å². The molecule has 0 radical (unpaired) electrons. The third kappa shape index (κ3) is 1.12. The first kappa shape index (κ1) is 6.73. The number of benzene rings is 1.